The third kappa shape index (κ3) is 3.31. The molecule has 1 aliphatic heterocycles. The molecule has 0 saturated carbocycles. The molecule has 0 radical (unpaired) electrons. The van der Waals surface area contributed by atoms with E-state index in [2.05, 4.69) is 0 Å². The van der Waals surface area contributed by atoms with Crippen molar-refractivity contribution in [3.8, 4) is 0 Å². The van der Waals surface area contributed by atoms with Crippen LogP contribution < -0.4 is 4.90 Å². The SMILES string of the molecule is O=C1CC(CS(=O)(=O)F)CN1c1ccc(F)c(CO)c1. The number of anilines is 1. The van der Waals surface area contributed by atoms with Crippen LogP contribution in [-0.2, 0) is 21.6 Å². The zero-order valence-corrected chi connectivity index (χ0v) is 11.2. The highest BCUT2D eigenvalue weighted by molar-refractivity contribution is 7.86. The number of carbonyl (C=O) groups excluding carboxylic acids is 1. The van der Waals surface area contributed by atoms with Crippen molar-refractivity contribution in [3.63, 3.8) is 0 Å². The molecular weight excluding hydrogens is 292 g/mol. The Hall–Kier alpha value is -1.54. The highest BCUT2D eigenvalue weighted by Gasteiger charge is 2.33. The minimum atomic E-state index is -4.64. The summed E-state index contributed by atoms with van der Waals surface area (Å²) < 4.78 is 47.1. The first-order valence-corrected chi connectivity index (χ1v) is 7.47. The first kappa shape index (κ1) is 14.9. The van der Waals surface area contributed by atoms with Crippen molar-refractivity contribution in [3.05, 3.63) is 29.6 Å². The number of rotatable bonds is 4. The molecule has 0 aliphatic carbocycles. The molecule has 0 bridgehead atoms. The Bertz CT molecular complexity index is 632. The summed E-state index contributed by atoms with van der Waals surface area (Å²) in [7, 11) is -4.64. The lowest BCUT2D eigenvalue weighted by Crippen LogP contribution is -2.25. The van der Waals surface area contributed by atoms with Crippen molar-refractivity contribution < 1.29 is 26.6 Å². The summed E-state index contributed by atoms with van der Waals surface area (Å²) >= 11 is 0. The van der Waals surface area contributed by atoms with Gasteiger partial charge in [-0.3, -0.25) is 4.79 Å². The van der Waals surface area contributed by atoms with Crippen LogP contribution in [0.4, 0.5) is 14.0 Å². The average molecular weight is 305 g/mol. The van der Waals surface area contributed by atoms with Gasteiger partial charge in [0.2, 0.25) is 5.91 Å². The lowest BCUT2D eigenvalue weighted by molar-refractivity contribution is -0.117. The number of halogens is 2. The van der Waals surface area contributed by atoms with E-state index in [4.69, 9.17) is 5.11 Å². The van der Waals surface area contributed by atoms with Gasteiger partial charge in [-0.2, -0.15) is 8.42 Å². The van der Waals surface area contributed by atoms with Gasteiger partial charge in [-0.15, -0.1) is 3.89 Å². The number of amides is 1. The van der Waals surface area contributed by atoms with E-state index in [9.17, 15) is 21.5 Å². The van der Waals surface area contributed by atoms with Crippen LogP contribution in [0, 0.1) is 11.7 Å². The lowest BCUT2D eigenvalue weighted by Gasteiger charge is -2.17. The molecule has 1 amide bonds. The van der Waals surface area contributed by atoms with E-state index in [-0.39, 0.29) is 24.4 Å². The van der Waals surface area contributed by atoms with E-state index in [1.807, 2.05) is 0 Å². The molecule has 1 saturated heterocycles. The van der Waals surface area contributed by atoms with Crippen LogP contribution in [0.25, 0.3) is 0 Å². The molecule has 1 fully saturated rings. The fraction of sp³-hybridized carbons (Fsp3) is 0.417. The Balaban J connectivity index is 2.20. The van der Waals surface area contributed by atoms with Crippen molar-refractivity contribution in [2.75, 3.05) is 17.2 Å². The standard InChI is InChI=1S/C12H13F2NO4S/c13-11-2-1-10(4-9(11)6-16)15-5-8(3-12(15)17)7-20(14,18)19/h1-2,4,8,16H,3,5-7H2. The van der Waals surface area contributed by atoms with Crippen molar-refractivity contribution in [1.29, 1.82) is 0 Å². The summed E-state index contributed by atoms with van der Waals surface area (Å²) in [5, 5.41) is 8.98. The molecule has 20 heavy (non-hydrogen) atoms. The van der Waals surface area contributed by atoms with Crippen molar-refractivity contribution in [2.24, 2.45) is 5.92 Å². The third-order valence-corrected chi connectivity index (χ3v) is 4.02. The van der Waals surface area contributed by atoms with Gasteiger partial charge in [-0.25, -0.2) is 4.39 Å². The molecule has 110 valence electrons. The van der Waals surface area contributed by atoms with Crippen LogP contribution in [0.1, 0.15) is 12.0 Å². The Labute approximate surface area is 115 Å². The van der Waals surface area contributed by atoms with E-state index in [0.29, 0.717) is 5.69 Å². The number of aliphatic hydroxyl groups excluding tert-OH is 1. The second-order valence-electron chi connectivity index (χ2n) is 4.71. The fourth-order valence-electron chi connectivity index (χ4n) is 2.27. The minimum Gasteiger partial charge on any atom is -0.392 e. The normalized spacial score (nSPS) is 19.6. The summed E-state index contributed by atoms with van der Waals surface area (Å²) in [4.78, 5) is 13.1. The first-order chi connectivity index (χ1) is 9.30. The van der Waals surface area contributed by atoms with Gasteiger partial charge in [0.15, 0.2) is 0 Å². The molecular formula is C12H13F2NO4S. The second-order valence-corrected chi connectivity index (χ2v) is 6.12. The van der Waals surface area contributed by atoms with E-state index < -0.39 is 34.3 Å². The highest BCUT2D eigenvalue weighted by Crippen LogP contribution is 2.27. The molecule has 1 aromatic carbocycles. The molecule has 1 atom stereocenters. The topological polar surface area (TPSA) is 74.7 Å². The smallest absolute Gasteiger partial charge is 0.302 e. The molecule has 8 heteroatoms. The second kappa shape index (κ2) is 5.45. The van der Waals surface area contributed by atoms with Crippen LogP contribution in [0.2, 0.25) is 0 Å². The predicted octanol–water partition coefficient (Wildman–Crippen LogP) is 0.970. The summed E-state index contributed by atoms with van der Waals surface area (Å²) in [6.07, 6.45) is -0.0744. The monoisotopic (exact) mass is 305 g/mol. The molecule has 1 unspecified atom stereocenters. The Morgan fingerprint density at radius 1 is 1.40 bits per heavy atom. The molecule has 0 aromatic heterocycles. The molecule has 5 nitrogen and oxygen atoms in total. The van der Waals surface area contributed by atoms with Gasteiger partial charge < -0.3 is 10.0 Å². The first-order valence-electron chi connectivity index (χ1n) is 5.92. The summed E-state index contributed by atoms with van der Waals surface area (Å²) in [6.45, 7) is -0.456. The molecule has 0 spiro atoms. The van der Waals surface area contributed by atoms with Gasteiger partial charge in [0.1, 0.15) is 5.82 Å². The Morgan fingerprint density at radius 2 is 2.10 bits per heavy atom. The average Bonchev–Trinajstić information content (AvgIpc) is 2.68. The summed E-state index contributed by atoms with van der Waals surface area (Å²) in [6, 6.07) is 3.80. The molecule has 1 N–H and O–H groups in total. The molecule has 1 aromatic rings. The van der Waals surface area contributed by atoms with Crippen LogP contribution in [0.15, 0.2) is 18.2 Å². The predicted molar refractivity (Wildman–Crippen MR) is 67.7 cm³/mol. The number of benzene rings is 1. The van der Waals surface area contributed by atoms with Crippen LogP contribution in [-0.4, -0.2) is 31.7 Å². The molecule has 1 heterocycles. The molecule has 1 aliphatic rings. The van der Waals surface area contributed by atoms with Gasteiger partial charge >= 0.3 is 10.2 Å². The third-order valence-electron chi connectivity index (χ3n) is 3.15. The van der Waals surface area contributed by atoms with Crippen LogP contribution >= 0.6 is 0 Å². The van der Waals surface area contributed by atoms with Crippen LogP contribution in [0.5, 0.6) is 0 Å². The quantitative estimate of drug-likeness (QED) is 0.841. The zero-order valence-electron chi connectivity index (χ0n) is 10.4. The van der Waals surface area contributed by atoms with Crippen molar-refractivity contribution in [2.45, 2.75) is 13.0 Å². The number of nitrogens with zero attached hydrogens (tertiary/aromatic N) is 1. The summed E-state index contributed by atoms with van der Waals surface area (Å²) in [5.41, 5.74) is 0.399. The Morgan fingerprint density at radius 3 is 2.70 bits per heavy atom. The zero-order chi connectivity index (χ0) is 14.9. The maximum atomic E-state index is 13.3. The Kier molecular flexibility index (Phi) is 4.05. The van der Waals surface area contributed by atoms with Gasteiger partial charge in [-0.1, -0.05) is 0 Å². The van der Waals surface area contributed by atoms with Gasteiger partial charge in [-0.05, 0) is 18.2 Å². The van der Waals surface area contributed by atoms with E-state index in [0.717, 1.165) is 6.07 Å². The van der Waals surface area contributed by atoms with Gasteiger partial charge in [0.25, 0.3) is 0 Å². The van der Waals surface area contributed by atoms with E-state index >= 15 is 0 Å². The number of carbonyl (C=O) groups is 1. The van der Waals surface area contributed by atoms with Crippen LogP contribution in [0.3, 0.4) is 0 Å². The van der Waals surface area contributed by atoms with Gasteiger partial charge in [0, 0.05) is 30.1 Å². The van der Waals surface area contributed by atoms with E-state index in [1.54, 1.807) is 0 Å². The molecule has 2 rings (SSSR count). The van der Waals surface area contributed by atoms with Crippen molar-refractivity contribution >= 4 is 21.8 Å². The lowest BCUT2D eigenvalue weighted by atomic mass is 10.1. The van der Waals surface area contributed by atoms with Crippen molar-refractivity contribution in [1.82, 2.24) is 0 Å². The van der Waals surface area contributed by atoms with Gasteiger partial charge in [0.05, 0.1) is 12.4 Å². The highest BCUT2D eigenvalue weighted by atomic mass is 32.3. The summed E-state index contributed by atoms with van der Waals surface area (Å²) in [5.74, 6) is -2.27. The fourth-order valence-corrected chi connectivity index (χ4v) is 3.06. The van der Waals surface area contributed by atoms with E-state index in [1.165, 1.54) is 17.0 Å². The minimum absolute atomic E-state index is 0.0388. The largest absolute Gasteiger partial charge is 0.392 e. The maximum Gasteiger partial charge on any atom is 0.302 e. The number of aliphatic hydroxyl groups is 1. The number of hydrogen-bond acceptors (Lipinski definition) is 4. The number of hydrogen-bond donors (Lipinski definition) is 1. The maximum absolute atomic E-state index is 13.3.